The number of carboxylic acids is 1. The quantitative estimate of drug-likeness (QED) is 0.946. The first kappa shape index (κ1) is 13.7. The highest BCUT2D eigenvalue weighted by Crippen LogP contribution is 2.38. The Morgan fingerprint density at radius 2 is 2.10 bits per heavy atom. The molecule has 0 spiro atoms. The summed E-state index contributed by atoms with van der Waals surface area (Å²) < 4.78 is 29.9. The molecule has 0 radical (unpaired) electrons. The van der Waals surface area contributed by atoms with Gasteiger partial charge in [-0.1, -0.05) is 6.92 Å². The number of pyridine rings is 1. The Morgan fingerprint density at radius 3 is 2.62 bits per heavy atom. The van der Waals surface area contributed by atoms with Gasteiger partial charge in [0.15, 0.2) is 5.82 Å². The third kappa shape index (κ3) is 2.02. The number of hydrogen-bond donors (Lipinski definition) is 1. The first-order valence-corrected chi connectivity index (χ1v) is 6.74. The summed E-state index contributed by atoms with van der Waals surface area (Å²) in [7, 11) is 0. The molecule has 1 aromatic heterocycles. The minimum Gasteiger partial charge on any atom is -0.477 e. The number of carboxylic acid groups (broad SMARTS) is 1. The van der Waals surface area contributed by atoms with Gasteiger partial charge in [0, 0.05) is 17.8 Å². The first-order valence-electron chi connectivity index (χ1n) is 6.74. The maximum Gasteiger partial charge on any atom is 0.341 e. The van der Waals surface area contributed by atoms with Crippen LogP contribution in [-0.2, 0) is 6.42 Å². The lowest BCUT2D eigenvalue weighted by molar-refractivity contribution is 0.0695. The monoisotopic (exact) mass is 293 g/mol. The zero-order valence-corrected chi connectivity index (χ0v) is 11.3. The molecule has 1 aromatic carbocycles. The highest BCUT2D eigenvalue weighted by Gasteiger charge is 2.29. The van der Waals surface area contributed by atoms with Gasteiger partial charge in [-0.3, -0.25) is 4.79 Å². The molecule has 0 saturated heterocycles. The van der Waals surface area contributed by atoms with Gasteiger partial charge in [-0.05, 0) is 25.3 Å². The van der Waals surface area contributed by atoms with E-state index < -0.39 is 28.6 Å². The number of halogens is 2. The molecule has 6 heteroatoms. The van der Waals surface area contributed by atoms with Crippen LogP contribution < -0.4 is 5.43 Å². The van der Waals surface area contributed by atoms with Crippen molar-refractivity contribution in [3.63, 3.8) is 0 Å². The lowest BCUT2D eigenvalue weighted by Gasteiger charge is -2.14. The molecule has 2 aromatic rings. The average molecular weight is 293 g/mol. The van der Waals surface area contributed by atoms with Crippen molar-refractivity contribution in [1.82, 2.24) is 4.57 Å². The number of benzene rings is 1. The second-order valence-electron chi connectivity index (χ2n) is 5.22. The van der Waals surface area contributed by atoms with E-state index in [1.54, 1.807) is 6.92 Å². The van der Waals surface area contributed by atoms with E-state index in [9.17, 15) is 18.4 Å². The van der Waals surface area contributed by atoms with Gasteiger partial charge in [-0.2, -0.15) is 0 Å². The van der Waals surface area contributed by atoms with Gasteiger partial charge in [0.05, 0.1) is 10.9 Å². The predicted octanol–water partition coefficient (Wildman–Crippen LogP) is 2.88. The Kier molecular flexibility index (Phi) is 3.04. The highest BCUT2D eigenvalue weighted by atomic mass is 19.1. The standard InChI is InChI=1S/C15H13F2NO3/c1-2-8-11(16)5-9-13(12(8)17)18(7-3-4-7)6-10(14(9)19)15(20)21/h5-7H,2-4H2,1H3,(H,20,21). The number of hydrogen-bond acceptors (Lipinski definition) is 2. The highest BCUT2D eigenvalue weighted by molar-refractivity contribution is 5.93. The van der Waals surface area contributed by atoms with Crippen LogP contribution in [0.15, 0.2) is 17.1 Å². The fourth-order valence-corrected chi connectivity index (χ4v) is 2.60. The van der Waals surface area contributed by atoms with Crippen molar-refractivity contribution in [2.45, 2.75) is 32.2 Å². The maximum atomic E-state index is 14.5. The molecule has 1 aliphatic rings. The average Bonchev–Trinajstić information content (AvgIpc) is 3.24. The number of carbonyl (C=O) groups is 1. The van der Waals surface area contributed by atoms with E-state index in [2.05, 4.69) is 0 Å². The van der Waals surface area contributed by atoms with Gasteiger partial charge in [0.2, 0.25) is 5.43 Å². The molecule has 1 N–H and O–H groups in total. The SMILES string of the molecule is CCc1c(F)cc2c(=O)c(C(=O)O)cn(C3CC3)c2c1F. The normalized spacial score (nSPS) is 14.6. The summed E-state index contributed by atoms with van der Waals surface area (Å²) in [6, 6.07) is 0.918. The van der Waals surface area contributed by atoms with Gasteiger partial charge in [-0.15, -0.1) is 0 Å². The van der Waals surface area contributed by atoms with Crippen LogP contribution in [0.4, 0.5) is 8.78 Å². The van der Waals surface area contributed by atoms with E-state index in [1.807, 2.05) is 0 Å². The molecule has 0 amide bonds. The van der Waals surface area contributed by atoms with Crippen LogP contribution in [0.3, 0.4) is 0 Å². The van der Waals surface area contributed by atoms with Crippen molar-refractivity contribution >= 4 is 16.9 Å². The number of aromatic nitrogens is 1. The molecule has 110 valence electrons. The molecule has 3 rings (SSSR count). The number of rotatable bonds is 3. The van der Waals surface area contributed by atoms with E-state index in [4.69, 9.17) is 5.11 Å². The second-order valence-corrected chi connectivity index (χ2v) is 5.22. The van der Waals surface area contributed by atoms with Gasteiger partial charge in [0.1, 0.15) is 11.4 Å². The molecule has 1 aliphatic carbocycles. The van der Waals surface area contributed by atoms with E-state index >= 15 is 0 Å². The van der Waals surface area contributed by atoms with Crippen molar-refractivity contribution < 1.29 is 18.7 Å². The van der Waals surface area contributed by atoms with Crippen LogP contribution in [0.1, 0.15) is 41.7 Å². The third-order valence-corrected chi connectivity index (χ3v) is 3.83. The summed E-state index contributed by atoms with van der Waals surface area (Å²) in [5, 5.41) is 8.88. The van der Waals surface area contributed by atoms with E-state index in [-0.39, 0.29) is 28.9 Å². The van der Waals surface area contributed by atoms with Crippen molar-refractivity contribution in [3.8, 4) is 0 Å². The molecule has 1 saturated carbocycles. The lowest BCUT2D eigenvalue weighted by atomic mass is 10.0. The van der Waals surface area contributed by atoms with E-state index in [0.29, 0.717) is 0 Å². The number of nitrogens with zero attached hydrogens (tertiary/aromatic N) is 1. The molecule has 21 heavy (non-hydrogen) atoms. The minimum absolute atomic E-state index is 0.00532. The zero-order chi connectivity index (χ0) is 15.3. The molecule has 0 atom stereocenters. The predicted molar refractivity (Wildman–Crippen MR) is 72.7 cm³/mol. The van der Waals surface area contributed by atoms with Crippen LogP contribution in [0.2, 0.25) is 0 Å². The van der Waals surface area contributed by atoms with E-state index in [1.165, 1.54) is 10.8 Å². The summed E-state index contributed by atoms with van der Waals surface area (Å²) in [6.07, 6.45) is 2.91. The lowest BCUT2D eigenvalue weighted by Crippen LogP contribution is -2.20. The zero-order valence-electron chi connectivity index (χ0n) is 11.3. The van der Waals surface area contributed by atoms with Crippen molar-refractivity contribution in [2.24, 2.45) is 0 Å². The fourth-order valence-electron chi connectivity index (χ4n) is 2.60. The Hall–Kier alpha value is -2.24. The third-order valence-electron chi connectivity index (χ3n) is 3.83. The van der Waals surface area contributed by atoms with Crippen LogP contribution in [0.5, 0.6) is 0 Å². The summed E-state index contributed by atoms with van der Waals surface area (Å²) in [4.78, 5) is 23.3. The van der Waals surface area contributed by atoms with Crippen LogP contribution in [0.25, 0.3) is 10.9 Å². The summed E-state index contributed by atoms with van der Waals surface area (Å²) in [6.45, 7) is 1.62. The Bertz CT molecular complexity index is 822. The van der Waals surface area contributed by atoms with Crippen LogP contribution in [-0.4, -0.2) is 15.6 Å². The largest absolute Gasteiger partial charge is 0.477 e. The fraction of sp³-hybridized carbons (Fsp3) is 0.333. The van der Waals surface area contributed by atoms with Crippen molar-refractivity contribution in [1.29, 1.82) is 0 Å². The Morgan fingerprint density at radius 1 is 1.43 bits per heavy atom. The maximum absolute atomic E-state index is 14.5. The number of aromatic carboxylic acids is 1. The molecule has 1 fully saturated rings. The van der Waals surface area contributed by atoms with Crippen LogP contribution in [0, 0.1) is 11.6 Å². The second kappa shape index (κ2) is 4.65. The molecule has 0 unspecified atom stereocenters. The smallest absolute Gasteiger partial charge is 0.341 e. The minimum atomic E-state index is -1.39. The van der Waals surface area contributed by atoms with Crippen molar-refractivity contribution in [2.75, 3.05) is 0 Å². The summed E-state index contributed by atoms with van der Waals surface area (Å²) >= 11 is 0. The first-order chi connectivity index (χ1) is 9.95. The van der Waals surface area contributed by atoms with Gasteiger partial charge in [0.25, 0.3) is 0 Å². The molecule has 0 bridgehead atoms. The topological polar surface area (TPSA) is 59.3 Å². The van der Waals surface area contributed by atoms with Crippen LogP contribution >= 0.6 is 0 Å². The van der Waals surface area contributed by atoms with Gasteiger partial charge in [-0.25, -0.2) is 13.6 Å². The molecule has 0 aliphatic heterocycles. The van der Waals surface area contributed by atoms with E-state index in [0.717, 1.165) is 18.9 Å². The Labute approximate surface area is 118 Å². The van der Waals surface area contributed by atoms with Gasteiger partial charge < -0.3 is 9.67 Å². The molecular weight excluding hydrogens is 280 g/mol. The molecule has 4 nitrogen and oxygen atoms in total. The summed E-state index contributed by atoms with van der Waals surface area (Å²) in [5.74, 6) is -2.98. The molecule has 1 heterocycles. The van der Waals surface area contributed by atoms with Gasteiger partial charge >= 0.3 is 5.97 Å². The van der Waals surface area contributed by atoms with Crippen molar-refractivity contribution in [3.05, 3.63) is 45.2 Å². The summed E-state index contributed by atoms with van der Waals surface area (Å²) in [5.41, 5.74) is -1.39. The Balaban J connectivity index is 2.50. The number of fused-ring (bicyclic) bond motifs is 1. The molecular formula is C15H13F2NO3.